The van der Waals surface area contributed by atoms with E-state index in [0.717, 1.165) is 145 Å². The number of rotatable bonds is 12. The lowest BCUT2D eigenvalue weighted by Crippen LogP contribution is -1.97. The van der Waals surface area contributed by atoms with Crippen molar-refractivity contribution >= 4 is 152 Å². The highest BCUT2D eigenvalue weighted by Gasteiger charge is 2.24. The average molecular weight is 1750 g/mol. The van der Waals surface area contributed by atoms with Crippen LogP contribution in [-0.4, -0.2) is 39.0 Å². The second kappa shape index (κ2) is 32.8. The molecule has 0 saturated carbocycles. The summed E-state index contributed by atoms with van der Waals surface area (Å²) in [5.41, 5.74) is 26.8. The van der Waals surface area contributed by atoms with Gasteiger partial charge in [-0.05, 0) is 161 Å². The summed E-state index contributed by atoms with van der Waals surface area (Å²) < 4.78 is 4.75. The first kappa shape index (κ1) is 79.3. The Labute approximate surface area is 794 Å². The molecule has 0 atom stereocenters. The largest absolute Gasteiger partial charge is 0.309 e. The molecular formula is C130H80N8. The second-order valence-electron chi connectivity index (χ2n) is 35.9. The van der Waals surface area contributed by atoms with E-state index in [1.54, 1.807) is 0 Å². The Morgan fingerprint density at radius 1 is 0.145 bits per heavy atom. The zero-order valence-corrected chi connectivity index (χ0v) is 74.8. The Bertz CT molecular complexity index is 9560. The van der Waals surface area contributed by atoms with Crippen molar-refractivity contribution < 1.29 is 0 Å². The van der Waals surface area contributed by atoms with E-state index in [2.05, 4.69) is 494 Å². The number of aromatic nitrogens is 8. The quantitative estimate of drug-likeness (QED) is 0.113. The molecule has 0 aliphatic heterocycles. The summed E-state index contributed by atoms with van der Waals surface area (Å²) in [6.07, 6.45) is 0. The first-order valence-corrected chi connectivity index (χ1v) is 47.0. The Morgan fingerprint density at radius 3 is 0.804 bits per heavy atom. The Morgan fingerprint density at radius 2 is 0.428 bits per heavy atom. The van der Waals surface area contributed by atoms with Gasteiger partial charge in [0, 0.05) is 121 Å². The number of pyridine rings is 2. The molecule has 0 amide bonds. The highest BCUT2D eigenvalue weighted by molar-refractivity contribution is 6.26. The summed E-state index contributed by atoms with van der Waals surface area (Å²) in [6.45, 7) is 0. The van der Waals surface area contributed by atoms with Crippen LogP contribution < -0.4 is 0 Å². The number of fused-ring (bicyclic) bond motifs is 20. The zero-order valence-electron chi connectivity index (χ0n) is 74.8. The Kier molecular flexibility index (Phi) is 18.8. The fourth-order valence-corrected chi connectivity index (χ4v) is 21.2. The van der Waals surface area contributed by atoms with Gasteiger partial charge in [-0.1, -0.05) is 400 Å². The number of para-hydroxylation sites is 6. The van der Waals surface area contributed by atoms with Crippen molar-refractivity contribution in [3.63, 3.8) is 0 Å². The van der Waals surface area contributed by atoms with Gasteiger partial charge in [-0.25, -0.2) is 29.9 Å². The van der Waals surface area contributed by atoms with E-state index in [0.29, 0.717) is 11.6 Å². The fourth-order valence-electron chi connectivity index (χ4n) is 21.2. The standard InChI is InChI=1S/2C65H40N4/c1-3-16-46-37-49(33-27-41(46)13-1)58-40-59(50-34-28-42-14-2-4-17-47(42)38-50)67-65(66-58)45-31-29-44(30-32-45)63-57-36-35-43-15-5-6-20-52(43)62(57)56-24-12-23-53(64(56)68-63)48-18-11-19-51(39-48)69-60-25-9-7-21-54(60)55-22-8-10-26-61(55)69;1-3-15-47-38-49(30-24-41(47)12-1)58-40-59(50-31-25-42-13-2-4-16-48(42)39-50)67-65(66-58)46-28-26-45(27-29-46)63-57-37-34-43-14-5-6-17-52(43)62(57)56-21-11-20-53(64(56)68-63)44-32-35-51(36-33-44)69-60-22-9-7-18-54(60)55-19-8-10-23-61(55)69/h2*1-40H. The lowest BCUT2D eigenvalue weighted by molar-refractivity contribution is 1.18. The van der Waals surface area contributed by atoms with Crippen molar-refractivity contribution in [1.29, 1.82) is 0 Å². The molecule has 0 aliphatic rings. The summed E-state index contributed by atoms with van der Waals surface area (Å²) in [7, 11) is 0. The molecule has 6 heterocycles. The van der Waals surface area contributed by atoms with Crippen molar-refractivity contribution in [2.75, 3.05) is 0 Å². The smallest absolute Gasteiger partial charge is 0.160 e. The van der Waals surface area contributed by atoms with Crippen LogP contribution in [0.5, 0.6) is 0 Å². The summed E-state index contributed by atoms with van der Waals surface area (Å²) >= 11 is 0. The van der Waals surface area contributed by atoms with Crippen LogP contribution in [0.4, 0.5) is 0 Å². The Balaban J connectivity index is 0.000000139. The van der Waals surface area contributed by atoms with Gasteiger partial charge in [0.1, 0.15) is 0 Å². The molecule has 138 heavy (non-hydrogen) atoms. The number of benzene rings is 22. The molecule has 0 unspecified atom stereocenters. The molecule has 0 aliphatic carbocycles. The highest BCUT2D eigenvalue weighted by atomic mass is 15.0. The van der Waals surface area contributed by atoms with E-state index in [1.165, 1.54) is 119 Å². The number of hydrogen-bond donors (Lipinski definition) is 0. The third kappa shape index (κ3) is 13.7. The zero-order chi connectivity index (χ0) is 90.8. The minimum absolute atomic E-state index is 0.670. The van der Waals surface area contributed by atoms with Gasteiger partial charge in [0.05, 0.1) is 67.3 Å². The van der Waals surface area contributed by atoms with Gasteiger partial charge < -0.3 is 9.13 Å². The summed E-state index contributed by atoms with van der Waals surface area (Å²) in [6, 6.07) is 174. The minimum atomic E-state index is 0.670. The maximum Gasteiger partial charge on any atom is 0.160 e. The molecule has 22 aromatic carbocycles. The molecule has 6 aromatic heterocycles. The van der Waals surface area contributed by atoms with Gasteiger partial charge >= 0.3 is 0 Å². The van der Waals surface area contributed by atoms with E-state index in [1.807, 2.05) is 0 Å². The molecule has 640 valence electrons. The van der Waals surface area contributed by atoms with Crippen LogP contribution in [0.2, 0.25) is 0 Å². The van der Waals surface area contributed by atoms with Crippen LogP contribution in [0.3, 0.4) is 0 Å². The van der Waals surface area contributed by atoms with Crippen LogP contribution in [0.25, 0.3) is 276 Å². The lowest BCUT2D eigenvalue weighted by Gasteiger charge is -2.16. The molecule has 28 rings (SSSR count). The number of nitrogens with zero attached hydrogens (tertiary/aromatic N) is 8. The molecular weight excluding hydrogens is 1670 g/mol. The molecule has 0 fully saturated rings. The Hall–Kier alpha value is -18.5. The topological polar surface area (TPSA) is 87.2 Å². The van der Waals surface area contributed by atoms with Crippen molar-refractivity contribution in [2.45, 2.75) is 0 Å². The monoisotopic (exact) mass is 1750 g/mol. The van der Waals surface area contributed by atoms with Crippen molar-refractivity contribution in [1.82, 2.24) is 39.0 Å². The first-order valence-electron chi connectivity index (χ1n) is 47.0. The molecule has 0 bridgehead atoms. The third-order valence-corrected chi connectivity index (χ3v) is 27.9. The van der Waals surface area contributed by atoms with Crippen LogP contribution >= 0.6 is 0 Å². The van der Waals surface area contributed by atoms with E-state index < -0.39 is 0 Å². The van der Waals surface area contributed by atoms with Gasteiger partial charge in [0.25, 0.3) is 0 Å². The molecule has 8 heteroatoms. The number of hydrogen-bond acceptors (Lipinski definition) is 6. The molecule has 0 saturated heterocycles. The van der Waals surface area contributed by atoms with E-state index in [9.17, 15) is 0 Å². The second-order valence-corrected chi connectivity index (χ2v) is 35.9. The molecule has 0 spiro atoms. The van der Waals surface area contributed by atoms with Gasteiger partial charge in [-0.3, -0.25) is 0 Å². The maximum atomic E-state index is 5.67. The van der Waals surface area contributed by atoms with Crippen LogP contribution in [0, 0.1) is 0 Å². The van der Waals surface area contributed by atoms with Crippen LogP contribution in [0.1, 0.15) is 0 Å². The molecule has 0 N–H and O–H groups in total. The van der Waals surface area contributed by atoms with Gasteiger partial charge in [0.2, 0.25) is 0 Å². The average Bonchev–Trinajstić information content (AvgIpc) is 1.04. The van der Waals surface area contributed by atoms with Gasteiger partial charge in [-0.15, -0.1) is 0 Å². The summed E-state index contributed by atoms with van der Waals surface area (Å²) in [4.78, 5) is 32.4. The maximum absolute atomic E-state index is 5.67. The predicted octanol–water partition coefficient (Wildman–Crippen LogP) is 34.1. The van der Waals surface area contributed by atoms with E-state index >= 15 is 0 Å². The normalized spacial score (nSPS) is 11.8. The van der Waals surface area contributed by atoms with Gasteiger partial charge in [0.15, 0.2) is 11.6 Å². The molecule has 28 aromatic rings. The van der Waals surface area contributed by atoms with Gasteiger partial charge in [-0.2, -0.15) is 0 Å². The van der Waals surface area contributed by atoms with Crippen molar-refractivity contribution in [3.05, 3.63) is 485 Å². The van der Waals surface area contributed by atoms with Crippen LogP contribution in [0.15, 0.2) is 485 Å². The highest BCUT2D eigenvalue weighted by Crippen LogP contribution is 2.47. The first-order chi connectivity index (χ1) is 68.4. The summed E-state index contributed by atoms with van der Waals surface area (Å²) in [5, 5.41) is 26.2. The molecule has 8 nitrogen and oxygen atoms in total. The predicted molar refractivity (Wildman–Crippen MR) is 578 cm³/mol. The van der Waals surface area contributed by atoms with Crippen LogP contribution in [-0.2, 0) is 0 Å². The van der Waals surface area contributed by atoms with Crippen molar-refractivity contribution in [3.8, 4) is 124 Å². The minimum Gasteiger partial charge on any atom is -0.309 e. The summed E-state index contributed by atoms with van der Waals surface area (Å²) in [5.74, 6) is 1.34. The SMILES string of the molecule is c1cc(-c2cccc3c2nc(-c2ccc(-c4nc(-c5ccc6ccccc6c5)cc(-c5ccc6ccccc6c5)n4)cc2)c2ccc4ccccc4c23)cc(-n2c3ccccc3c3ccccc32)c1.c1ccc2cc(-c3cc(-c4ccc5ccccc5c4)nc(-c4ccc(-c5nc6c(-c7ccc(-n8c9ccccc9c9ccccc98)cc7)cccc6c6c5ccc5ccccc56)cc4)n3)ccc2c1. The van der Waals surface area contributed by atoms with Crippen molar-refractivity contribution in [2.24, 2.45) is 0 Å². The lowest BCUT2D eigenvalue weighted by atomic mass is 9.92. The van der Waals surface area contributed by atoms with E-state index in [-0.39, 0.29) is 0 Å². The molecule has 0 radical (unpaired) electrons. The fraction of sp³-hybridized carbons (Fsp3) is 0. The van der Waals surface area contributed by atoms with E-state index in [4.69, 9.17) is 29.9 Å². The third-order valence-electron chi connectivity index (χ3n) is 27.9.